The largest absolute Gasteiger partial charge is 0.313 e. The van der Waals surface area contributed by atoms with Crippen LogP contribution in [0.3, 0.4) is 0 Å². The first-order valence-electron chi connectivity index (χ1n) is 5.90. The molecule has 84 valence electrons. The van der Waals surface area contributed by atoms with Gasteiger partial charge in [-0.25, -0.2) is 0 Å². The lowest BCUT2D eigenvalue weighted by Crippen LogP contribution is -2.38. The number of nitrogens with one attached hydrogen (secondary N) is 1. The summed E-state index contributed by atoms with van der Waals surface area (Å²) in [5.74, 6) is 2.70. The van der Waals surface area contributed by atoms with Crippen LogP contribution in [0.25, 0.3) is 0 Å². The second kappa shape index (κ2) is 7.55. The monoisotopic (exact) mass is 216 g/mol. The third kappa shape index (κ3) is 4.67. The van der Waals surface area contributed by atoms with E-state index in [1.54, 1.807) is 0 Å². The molecule has 0 saturated carbocycles. The van der Waals surface area contributed by atoms with Crippen LogP contribution in [0.2, 0.25) is 0 Å². The Hall–Kier alpha value is 0.270. The molecule has 0 aromatic carbocycles. The maximum Gasteiger partial charge on any atom is 0.0107 e. The standard InChI is InChI=1S/C11H24N2S/c1-3-13(4-2)8-7-12-11-5-9-14-10-6-11/h11-12H,3-10H2,1-2H3. The van der Waals surface area contributed by atoms with Gasteiger partial charge < -0.3 is 10.2 Å². The van der Waals surface area contributed by atoms with E-state index in [9.17, 15) is 0 Å². The van der Waals surface area contributed by atoms with Crippen LogP contribution in [0.15, 0.2) is 0 Å². The quantitative estimate of drug-likeness (QED) is 0.729. The molecule has 0 aliphatic carbocycles. The molecule has 14 heavy (non-hydrogen) atoms. The Morgan fingerprint density at radius 2 is 1.86 bits per heavy atom. The fraction of sp³-hybridized carbons (Fsp3) is 1.00. The fourth-order valence-electron chi connectivity index (χ4n) is 1.87. The van der Waals surface area contributed by atoms with Crippen molar-refractivity contribution in [3.8, 4) is 0 Å². The number of hydrogen-bond acceptors (Lipinski definition) is 3. The van der Waals surface area contributed by atoms with Crippen LogP contribution in [0.1, 0.15) is 26.7 Å². The van der Waals surface area contributed by atoms with E-state index in [-0.39, 0.29) is 0 Å². The lowest BCUT2D eigenvalue weighted by molar-refractivity contribution is 0.294. The highest BCUT2D eigenvalue weighted by Crippen LogP contribution is 2.16. The van der Waals surface area contributed by atoms with Crippen molar-refractivity contribution in [3.05, 3.63) is 0 Å². The SMILES string of the molecule is CCN(CC)CCNC1CCSCC1. The molecule has 1 aliphatic heterocycles. The van der Waals surface area contributed by atoms with Gasteiger partial charge in [-0.05, 0) is 37.4 Å². The van der Waals surface area contributed by atoms with Gasteiger partial charge in [0.2, 0.25) is 0 Å². The maximum atomic E-state index is 3.67. The van der Waals surface area contributed by atoms with E-state index < -0.39 is 0 Å². The minimum atomic E-state index is 0.798. The molecule has 0 atom stereocenters. The van der Waals surface area contributed by atoms with Crippen LogP contribution in [-0.2, 0) is 0 Å². The molecule has 1 fully saturated rings. The highest BCUT2D eigenvalue weighted by molar-refractivity contribution is 7.99. The van der Waals surface area contributed by atoms with Crippen LogP contribution in [0.5, 0.6) is 0 Å². The van der Waals surface area contributed by atoms with Crippen molar-refractivity contribution in [1.82, 2.24) is 10.2 Å². The average Bonchev–Trinajstić information content (AvgIpc) is 2.26. The second-order valence-corrected chi connectivity index (χ2v) is 5.09. The molecule has 0 aromatic rings. The van der Waals surface area contributed by atoms with Crippen molar-refractivity contribution in [2.24, 2.45) is 0 Å². The van der Waals surface area contributed by atoms with Crippen LogP contribution >= 0.6 is 11.8 Å². The summed E-state index contributed by atoms with van der Waals surface area (Å²) < 4.78 is 0. The summed E-state index contributed by atoms with van der Waals surface area (Å²) in [5, 5.41) is 3.67. The van der Waals surface area contributed by atoms with Gasteiger partial charge in [0.15, 0.2) is 0 Å². The zero-order valence-corrected chi connectivity index (χ0v) is 10.4. The number of thioether (sulfide) groups is 1. The zero-order valence-electron chi connectivity index (χ0n) is 9.59. The van der Waals surface area contributed by atoms with Gasteiger partial charge in [-0.1, -0.05) is 13.8 Å². The molecule has 1 N–H and O–H groups in total. The first kappa shape index (κ1) is 12.3. The van der Waals surface area contributed by atoms with Gasteiger partial charge in [0.05, 0.1) is 0 Å². The van der Waals surface area contributed by atoms with Crippen molar-refractivity contribution in [1.29, 1.82) is 0 Å². The van der Waals surface area contributed by atoms with Crippen molar-refractivity contribution < 1.29 is 0 Å². The Bertz CT molecular complexity index is 131. The van der Waals surface area contributed by atoms with E-state index in [4.69, 9.17) is 0 Å². The summed E-state index contributed by atoms with van der Waals surface area (Å²) in [4.78, 5) is 2.48. The van der Waals surface area contributed by atoms with Crippen molar-refractivity contribution in [3.63, 3.8) is 0 Å². The first-order valence-corrected chi connectivity index (χ1v) is 7.05. The number of likely N-dealkylation sites (N-methyl/N-ethyl adjacent to an activating group) is 1. The Balaban J connectivity index is 2.01. The number of rotatable bonds is 6. The summed E-state index contributed by atoms with van der Waals surface area (Å²) in [6.07, 6.45) is 2.73. The Morgan fingerprint density at radius 3 is 2.43 bits per heavy atom. The number of nitrogens with zero attached hydrogens (tertiary/aromatic N) is 1. The van der Waals surface area contributed by atoms with Crippen LogP contribution in [-0.4, -0.2) is 48.6 Å². The predicted molar refractivity (Wildman–Crippen MR) is 66.1 cm³/mol. The van der Waals surface area contributed by atoms with Gasteiger partial charge in [0.25, 0.3) is 0 Å². The van der Waals surface area contributed by atoms with Crippen LogP contribution in [0.4, 0.5) is 0 Å². The number of hydrogen-bond donors (Lipinski definition) is 1. The minimum Gasteiger partial charge on any atom is -0.313 e. The van der Waals surface area contributed by atoms with Crippen molar-refractivity contribution in [2.75, 3.05) is 37.7 Å². The van der Waals surface area contributed by atoms with E-state index in [0.717, 1.165) is 12.6 Å². The molecule has 2 nitrogen and oxygen atoms in total. The molecule has 0 unspecified atom stereocenters. The van der Waals surface area contributed by atoms with Crippen LogP contribution < -0.4 is 5.32 Å². The highest BCUT2D eigenvalue weighted by Gasteiger charge is 2.12. The van der Waals surface area contributed by atoms with Gasteiger partial charge in [0.1, 0.15) is 0 Å². The third-order valence-electron chi connectivity index (χ3n) is 2.98. The first-order chi connectivity index (χ1) is 6.86. The molecular formula is C11H24N2S. The second-order valence-electron chi connectivity index (χ2n) is 3.87. The molecule has 1 saturated heterocycles. The smallest absolute Gasteiger partial charge is 0.0107 e. The van der Waals surface area contributed by atoms with Gasteiger partial charge >= 0.3 is 0 Å². The molecule has 0 aromatic heterocycles. The van der Waals surface area contributed by atoms with Crippen LogP contribution in [0, 0.1) is 0 Å². The van der Waals surface area contributed by atoms with Gasteiger partial charge in [-0.15, -0.1) is 0 Å². The Morgan fingerprint density at radius 1 is 1.21 bits per heavy atom. The lowest BCUT2D eigenvalue weighted by Gasteiger charge is -2.24. The molecule has 0 bridgehead atoms. The van der Waals surface area contributed by atoms with E-state index >= 15 is 0 Å². The lowest BCUT2D eigenvalue weighted by atomic mass is 10.1. The Labute approximate surface area is 92.8 Å². The topological polar surface area (TPSA) is 15.3 Å². The van der Waals surface area contributed by atoms with E-state index in [1.807, 2.05) is 0 Å². The van der Waals surface area contributed by atoms with Gasteiger partial charge in [-0.3, -0.25) is 0 Å². The molecule has 0 spiro atoms. The molecular weight excluding hydrogens is 192 g/mol. The summed E-state index contributed by atoms with van der Waals surface area (Å²) >= 11 is 2.10. The average molecular weight is 216 g/mol. The fourth-order valence-corrected chi connectivity index (χ4v) is 2.97. The molecule has 1 heterocycles. The summed E-state index contributed by atoms with van der Waals surface area (Å²) in [6, 6.07) is 0.798. The Kier molecular flexibility index (Phi) is 6.65. The van der Waals surface area contributed by atoms with E-state index in [1.165, 1.54) is 44.0 Å². The van der Waals surface area contributed by atoms with E-state index in [2.05, 4.69) is 35.8 Å². The summed E-state index contributed by atoms with van der Waals surface area (Å²) in [7, 11) is 0. The third-order valence-corrected chi connectivity index (χ3v) is 4.03. The molecule has 0 radical (unpaired) electrons. The van der Waals surface area contributed by atoms with E-state index in [0.29, 0.717) is 0 Å². The summed E-state index contributed by atoms with van der Waals surface area (Å²) in [6.45, 7) is 9.20. The molecule has 3 heteroatoms. The maximum absolute atomic E-state index is 3.67. The van der Waals surface area contributed by atoms with Crippen molar-refractivity contribution >= 4 is 11.8 Å². The van der Waals surface area contributed by atoms with Gasteiger partial charge in [-0.2, -0.15) is 11.8 Å². The van der Waals surface area contributed by atoms with Crippen molar-refractivity contribution in [2.45, 2.75) is 32.7 Å². The zero-order chi connectivity index (χ0) is 10.2. The normalized spacial score (nSPS) is 19.1. The predicted octanol–water partition coefficient (Wildman–Crippen LogP) is 1.81. The minimum absolute atomic E-state index is 0.798. The molecule has 1 rings (SSSR count). The summed E-state index contributed by atoms with van der Waals surface area (Å²) in [5.41, 5.74) is 0. The molecule has 1 aliphatic rings. The highest BCUT2D eigenvalue weighted by atomic mass is 32.2. The van der Waals surface area contributed by atoms with Gasteiger partial charge in [0, 0.05) is 19.1 Å². The molecule has 0 amide bonds.